The molecule has 0 aliphatic rings. The van der Waals surface area contributed by atoms with E-state index in [1.807, 2.05) is 24.3 Å². The van der Waals surface area contributed by atoms with Crippen LogP contribution in [0.5, 0.6) is 0 Å². The molecule has 0 amide bonds. The smallest absolute Gasteiger partial charge is 0.0799 e. The Morgan fingerprint density at radius 2 is 1.17 bits per heavy atom. The number of hydrogen-bond donors (Lipinski definition) is 0. The number of fused-ring (bicyclic) bond motifs is 1. The summed E-state index contributed by atoms with van der Waals surface area (Å²) in [4.78, 5) is 4.95. The zero-order chi connectivity index (χ0) is 15.6. The largest absolute Gasteiger partial charge is 0.247 e. The highest BCUT2D eigenvalue weighted by Gasteiger charge is 2.16. The summed E-state index contributed by atoms with van der Waals surface area (Å²) in [6, 6.07) is 29.0. The minimum atomic E-state index is 0.998. The van der Waals surface area contributed by atoms with Crippen molar-refractivity contribution in [2.45, 2.75) is 0 Å². The van der Waals surface area contributed by atoms with Gasteiger partial charge in [-0.25, -0.2) is 4.98 Å². The summed E-state index contributed by atoms with van der Waals surface area (Å²) < 4.78 is 1.09. The molecule has 0 saturated carbocycles. The molecule has 0 bridgehead atoms. The van der Waals surface area contributed by atoms with Crippen LogP contribution in [0.3, 0.4) is 0 Å². The lowest BCUT2D eigenvalue weighted by Crippen LogP contribution is -1.93. The fourth-order valence-corrected chi connectivity index (χ4v) is 3.60. The van der Waals surface area contributed by atoms with Crippen LogP contribution >= 0.6 is 15.9 Å². The first-order valence-corrected chi connectivity index (χ1v) is 8.33. The van der Waals surface area contributed by atoms with Crippen LogP contribution in [0.4, 0.5) is 0 Å². The summed E-state index contributed by atoms with van der Waals surface area (Å²) in [6.45, 7) is 0. The van der Waals surface area contributed by atoms with E-state index in [2.05, 4.69) is 76.6 Å². The lowest BCUT2D eigenvalue weighted by atomic mass is 9.97. The highest BCUT2D eigenvalue weighted by atomic mass is 79.9. The standard InChI is InChI=1S/C21H14BrN/c22-20-17-13-7-8-14-18(17)23-21(16-11-5-2-6-12-16)19(20)15-9-3-1-4-10-15/h1-14H. The summed E-state index contributed by atoms with van der Waals surface area (Å²) in [5.74, 6) is 0. The van der Waals surface area contributed by atoms with Crippen LogP contribution in [0.1, 0.15) is 0 Å². The van der Waals surface area contributed by atoms with Crippen molar-refractivity contribution in [1.82, 2.24) is 4.98 Å². The van der Waals surface area contributed by atoms with Gasteiger partial charge in [-0.15, -0.1) is 0 Å². The molecule has 4 rings (SSSR count). The maximum absolute atomic E-state index is 4.95. The second-order valence-corrected chi connectivity index (χ2v) is 6.19. The molecule has 2 heteroatoms. The Labute approximate surface area is 143 Å². The van der Waals surface area contributed by atoms with E-state index in [0.29, 0.717) is 0 Å². The lowest BCUT2D eigenvalue weighted by molar-refractivity contribution is 1.38. The Bertz CT molecular complexity index is 963. The van der Waals surface area contributed by atoms with Gasteiger partial charge >= 0.3 is 0 Å². The van der Waals surface area contributed by atoms with E-state index in [9.17, 15) is 0 Å². The van der Waals surface area contributed by atoms with Crippen LogP contribution < -0.4 is 0 Å². The van der Waals surface area contributed by atoms with Crippen molar-refractivity contribution in [3.05, 3.63) is 89.4 Å². The molecule has 4 aromatic rings. The van der Waals surface area contributed by atoms with E-state index in [1.54, 1.807) is 0 Å². The van der Waals surface area contributed by atoms with E-state index in [1.165, 1.54) is 0 Å². The van der Waals surface area contributed by atoms with Gasteiger partial charge in [0.25, 0.3) is 0 Å². The molecule has 0 unspecified atom stereocenters. The van der Waals surface area contributed by atoms with Gasteiger partial charge in [0, 0.05) is 21.0 Å². The number of nitrogens with zero attached hydrogens (tertiary/aromatic N) is 1. The average Bonchev–Trinajstić information content (AvgIpc) is 2.63. The van der Waals surface area contributed by atoms with Crippen molar-refractivity contribution in [2.75, 3.05) is 0 Å². The van der Waals surface area contributed by atoms with Crippen molar-refractivity contribution >= 4 is 26.8 Å². The van der Waals surface area contributed by atoms with Crippen molar-refractivity contribution in [3.8, 4) is 22.4 Å². The second kappa shape index (κ2) is 5.98. The van der Waals surface area contributed by atoms with Gasteiger partial charge in [-0.05, 0) is 27.6 Å². The van der Waals surface area contributed by atoms with E-state index < -0.39 is 0 Å². The van der Waals surface area contributed by atoms with E-state index in [4.69, 9.17) is 4.98 Å². The van der Waals surface area contributed by atoms with Gasteiger partial charge in [0.05, 0.1) is 11.2 Å². The Hall–Kier alpha value is -2.45. The molecule has 1 aromatic heterocycles. The highest BCUT2D eigenvalue weighted by molar-refractivity contribution is 9.10. The average molecular weight is 360 g/mol. The van der Waals surface area contributed by atoms with Crippen LogP contribution in [-0.4, -0.2) is 4.98 Å². The number of rotatable bonds is 2. The van der Waals surface area contributed by atoms with Crippen LogP contribution in [0, 0.1) is 0 Å². The van der Waals surface area contributed by atoms with E-state index >= 15 is 0 Å². The summed E-state index contributed by atoms with van der Waals surface area (Å²) in [5, 5.41) is 1.13. The molecule has 23 heavy (non-hydrogen) atoms. The first-order valence-electron chi connectivity index (χ1n) is 7.53. The third-order valence-corrected chi connectivity index (χ3v) is 4.76. The van der Waals surface area contributed by atoms with E-state index in [0.717, 1.165) is 37.8 Å². The molecule has 1 heterocycles. The maximum atomic E-state index is 4.95. The van der Waals surface area contributed by atoms with Crippen LogP contribution in [0.2, 0.25) is 0 Å². The Morgan fingerprint density at radius 1 is 0.609 bits per heavy atom. The summed E-state index contributed by atoms with van der Waals surface area (Å²) in [6.07, 6.45) is 0. The third kappa shape index (κ3) is 2.55. The van der Waals surface area contributed by atoms with Crippen LogP contribution in [0.25, 0.3) is 33.3 Å². The minimum Gasteiger partial charge on any atom is -0.247 e. The normalized spacial score (nSPS) is 10.8. The SMILES string of the molecule is Brc1c(-c2ccccc2)c(-c2ccccc2)nc2ccccc12. The minimum absolute atomic E-state index is 0.998. The highest BCUT2D eigenvalue weighted by Crippen LogP contribution is 2.40. The first kappa shape index (κ1) is 14.2. The second-order valence-electron chi connectivity index (χ2n) is 5.40. The monoisotopic (exact) mass is 359 g/mol. The van der Waals surface area contributed by atoms with Gasteiger partial charge < -0.3 is 0 Å². The van der Waals surface area contributed by atoms with Crippen LogP contribution in [0.15, 0.2) is 89.4 Å². The third-order valence-electron chi connectivity index (χ3n) is 3.94. The van der Waals surface area contributed by atoms with Gasteiger partial charge in [0.1, 0.15) is 0 Å². The molecular formula is C21H14BrN. The Morgan fingerprint density at radius 3 is 1.87 bits per heavy atom. The number of halogens is 1. The quantitative estimate of drug-likeness (QED) is 0.407. The molecule has 0 saturated heterocycles. The molecule has 0 N–H and O–H groups in total. The van der Waals surface area contributed by atoms with Gasteiger partial charge in [-0.2, -0.15) is 0 Å². The predicted molar refractivity (Wildman–Crippen MR) is 100 cm³/mol. The van der Waals surface area contributed by atoms with Crippen molar-refractivity contribution in [3.63, 3.8) is 0 Å². The van der Waals surface area contributed by atoms with Gasteiger partial charge in [-0.1, -0.05) is 78.9 Å². The van der Waals surface area contributed by atoms with Gasteiger partial charge in [-0.3, -0.25) is 0 Å². The number of aromatic nitrogens is 1. The van der Waals surface area contributed by atoms with Gasteiger partial charge in [0.2, 0.25) is 0 Å². The first-order chi connectivity index (χ1) is 11.3. The lowest BCUT2D eigenvalue weighted by Gasteiger charge is -2.14. The van der Waals surface area contributed by atoms with E-state index in [-0.39, 0.29) is 0 Å². The molecule has 1 nitrogen and oxygen atoms in total. The molecule has 0 atom stereocenters. The molecule has 0 fully saturated rings. The predicted octanol–water partition coefficient (Wildman–Crippen LogP) is 6.33. The number of hydrogen-bond acceptors (Lipinski definition) is 1. The van der Waals surface area contributed by atoms with Crippen molar-refractivity contribution in [1.29, 1.82) is 0 Å². The molecule has 0 radical (unpaired) electrons. The molecule has 0 aliphatic heterocycles. The molecule has 110 valence electrons. The number of pyridine rings is 1. The summed E-state index contributed by atoms with van der Waals surface area (Å²) in [5.41, 5.74) is 5.42. The number of benzene rings is 3. The van der Waals surface area contributed by atoms with Gasteiger partial charge in [0.15, 0.2) is 0 Å². The maximum Gasteiger partial charge on any atom is 0.0799 e. The Kier molecular flexibility index (Phi) is 3.68. The molecular weight excluding hydrogens is 346 g/mol. The van der Waals surface area contributed by atoms with Crippen molar-refractivity contribution < 1.29 is 0 Å². The topological polar surface area (TPSA) is 12.9 Å². The number of para-hydroxylation sites is 1. The Balaban J connectivity index is 2.11. The summed E-state index contributed by atoms with van der Waals surface area (Å²) in [7, 11) is 0. The zero-order valence-electron chi connectivity index (χ0n) is 12.4. The zero-order valence-corrected chi connectivity index (χ0v) is 14.0. The molecule has 3 aromatic carbocycles. The van der Waals surface area contributed by atoms with Crippen molar-refractivity contribution in [2.24, 2.45) is 0 Å². The molecule has 0 aliphatic carbocycles. The van der Waals surface area contributed by atoms with Crippen LogP contribution in [-0.2, 0) is 0 Å². The molecule has 0 spiro atoms. The summed E-state index contributed by atoms with van der Waals surface area (Å²) >= 11 is 3.83. The fraction of sp³-hybridized carbons (Fsp3) is 0. The fourth-order valence-electron chi connectivity index (χ4n) is 2.84.